The summed E-state index contributed by atoms with van der Waals surface area (Å²) in [4.78, 5) is 14.1. The van der Waals surface area contributed by atoms with Crippen LogP contribution in [0.4, 0.5) is 5.69 Å². The van der Waals surface area contributed by atoms with Crippen LogP contribution in [0, 0.1) is 5.92 Å². The highest BCUT2D eigenvalue weighted by Gasteiger charge is 2.28. The fourth-order valence-corrected chi connectivity index (χ4v) is 2.87. The first-order valence-electron chi connectivity index (χ1n) is 7.11. The third-order valence-corrected chi connectivity index (χ3v) is 4.08. The summed E-state index contributed by atoms with van der Waals surface area (Å²) >= 11 is 0. The molecule has 0 saturated carbocycles. The molecule has 0 spiro atoms. The summed E-state index contributed by atoms with van der Waals surface area (Å²) in [6.45, 7) is 3.60. The van der Waals surface area contributed by atoms with Gasteiger partial charge in [-0.2, -0.15) is 0 Å². The van der Waals surface area contributed by atoms with Gasteiger partial charge in [0.05, 0.1) is 0 Å². The minimum absolute atomic E-state index is 0.269. The van der Waals surface area contributed by atoms with Crippen molar-refractivity contribution in [2.24, 2.45) is 11.7 Å². The molecule has 4 nitrogen and oxygen atoms in total. The van der Waals surface area contributed by atoms with Crippen LogP contribution < -0.4 is 16.0 Å². The van der Waals surface area contributed by atoms with E-state index in [4.69, 9.17) is 5.73 Å². The van der Waals surface area contributed by atoms with E-state index in [1.165, 1.54) is 11.1 Å². The van der Waals surface area contributed by atoms with Crippen molar-refractivity contribution < 1.29 is 4.79 Å². The minimum atomic E-state index is 0.269. The van der Waals surface area contributed by atoms with E-state index in [2.05, 4.69) is 23.5 Å². The average molecular weight is 259 g/mol. The Morgan fingerprint density at radius 1 is 1.32 bits per heavy atom. The van der Waals surface area contributed by atoms with Crippen LogP contribution in [0.15, 0.2) is 18.2 Å². The smallest absolute Gasteiger partial charge is 0.227 e. The third kappa shape index (κ3) is 2.51. The van der Waals surface area contributed by atoms with E-state index < -0.39 is 0 Å². The fourth-order valence-electron chi connectivity index (χ4n) is 2.87. The quantitative estimate of drug-likeness (QED) is 0.836. The molecule has 2 aliphatic heterocycles. The van der Waals surface area contributed by atoms with Gasteiger partial charge in [-0.05, 0) is 36.6 Å². The number of carbonyl (C=O) groups is 1. The second-order valence-electron chi connectivity index (χ2n) is 5.53. The molecule has 19 heavy (non-hydrogen) atoms. The standard InChI is InChI=1S/C15H21N3O/c16-6-5-11-1-3-14-13(7-11)2-4-15(19)18(14)10-12-8-17-9-12/h1,3,7,12,17H,2,4-6,8-10,16H2. The third-order valence-electron chi connectivity index (χ3n) is 4.08. The highest BCUT2D eigenvalue weighted by Crippen LogP contribution is 2.30. The first kappa shape index (κ1) is 12.6. The van der Waals surface area contributed by atoms with Gasteiger partial charge >= 0.3 is 0 Å². The number of nitrogens with one attached hydrogen (secondary N) is 1. The van der Waals surface area contributed by atoms with E-state index >= 15 is 0 Å². The molecule has 0 bridgehead atoms. The second-order valence-corrected chi connectivity index (χ2v) is 5.53. The maximum atomic E-state index is 12.1. The summed E-state index contributed by atoms with van der Waals surface area (Å²) < 4.78 is 0. The topological polar surface area (TPSA) is 58.4 Å². The van der Waals surface area contributed by atoms with Gasteiger partial charge in [-0.3, -0.25) is 4.79 Å². The molecule has 4 heteroatoms. The number of fused-ring (bicyclic) bond motifs is 1. The fraction of sp³-hybridized carbons (Fsp3) is 0.533. The van der Waals surface area contributed by atoms with Crippen molar-refractivity contribution in [1.29, 1.82) is 0 Å². The summed E-state index contributed by atoms with van der Waals surface area (Å²) in [5, 5.41) is 3.26. The molecule has 1 saturated heterocycles. The number of aryl methyl sites for hydroxylation is 1. The predicted octanol–water partition coefficient (Wildman–Crippen LogP) is 0.686. The maximum absolute atomic E-state index is 12.1. The molecule has 0 aliphatic carbocycles. The molecule has 102 valence electrons. The number of rotatable bonds is 4. The summed E-state index contributed by atoms with van der Waals surface area (Å²) in [6, 6.07) is 6.43. The minimum Gasteiger partial charge on any atom is -0.330 e. The molecule has 1 aromatic rings. The van der Waals surface area contributed by atoms with Crippen molar-refractivity contribution in [2.75, 3.05) is 31.1 Å². The summed E-state index contributed by atoms with van der Waals surface area (Å²) in [6.07, 6.45) is 2.42. The zero-order valence-electron chi connectivity index (χ0n) is 11.2. The lowest BCUT2D eigenvalue weighted by Crippen LogP contribution is -2.50. The molecule has 3 N–H and O–H groups in total. The van der Waals surface area contributed by atoms with E-state index in [1.807, 2.05) is 4.90 Å². The van der Waals surface area contributed by atoms with E-state index in [0.717, 1.165) is 38.2 Å². The van der Waals surface area contributed by atoms with Crippen LogP contribution in [0.25, 0.3) is 0 Å². The summed E-state index contributed by atoms with van der Waals surface area (Å²) in [5.41, 5.74) is 9.30. The number of anilines is 1. The number of carbonyl (C=O) groups excluding carboxylic acids is 1. The predicted molar refractivity (Wildman–Crippen MR) is 76.2 cm³/mol. The van der Waals surface area contributed by atoms with Crippen molar-refractivity contribution >= 4 is 11.6 Å². The number of hydrogen-bond donors (Lipinski definition) is 2. The zero-order chi connectivity index (χ0) is 13.2. The van der Waals surface area contributed by atoms with Crippen LogP contribution in [0.1, 0.15) is 17.5 Å². The molecule has 0 radical (unpaired) electrons. The van der Waals surface area contributed by atoms with Gasteiger partial charge in [0.2, 0.25) is 5.91 Å². The molecule has 0 aromatic heterocycles. The van der Waals surface area contributed by atoms with E-state index in [9.17, 15) is 4.79 Å². The van der Waals surface area contributed by atoms with Crippen LogP contribution in [-0.4, -0.2) is 32.1 Å². The second kappa shape index (κ2) is 5.31. The van der Waals surface area contributed by atoms with Crippen molar-refractivity contribution in [3.05, 3.63) is 29.3 Å². The SMILES string of the molecule is NCCc1ccc2c(c1)CCC(=O)N2CC1CNC1. The highest BCUT2D eigenvalue weighted by atomic mass is 16.2. The van der Waals surface area contributed by atoms with Gasteiger partial charge in [0, 0.05) is 37.7 Å². The van der Waals surface area contributed by atoms with E-state index in [1.54, 1.807) is 0 Å². The average Bonchev–Trinajstić information content (AvgIpc) is 2.36. The van der Waals surface area contributed by atoms with Crippen molar-refractivity contribution in [3.8, 4) is 0 Å². The number of nitrogens with two attached hydrogens (primary N) is 1. The molecule has 2 heterocycles. The lowest BCUT2D eigenvalue weighted by molar-refractivity contribution is -0.119. The lowest BCUT2D eigenvalue weighted by atomic mass is 9.95. The van der Waals surface area contributed by atoms with Gasteiger partial charge in [0.1, 0.15) is 0 Å². The summed E-state index contributed by atoms with van der Waals surface area (Å²) in [7, 11) is 0. The normalized spacial score (nSPS) is 19.2. The van der Waals surface area contributed by atoms with Gasteiger partial charge in [0.25, 0.3) is 0 Å². The Kier molecular flexibility index (Phi) is 3.53. The number of benzene rings is 1. The number of amides is 1. The Morgan fingerprint density at radius 3 is 2.84 bits per heavy atom. The number of nitrogens with zero attached hydrogens (tertiary/aromatic N) is 1. The first-order chi connectivity index (χ1) is 9.28. The molecule has 3 rings (SSSR count). The molecular weight excluding hydrogens is 238 g/mol. The largest absolute Gasteiger partial charge is 0.330 e. The van der Waals surface area contributed by atoms with Gasteiger partial charge < -0.3 is 16.0 Å². The van der Waals surface area contributed by atoms with Crippen LogP contribution >= 0.6 is 0 Å². The maximum Gasteiger partial charge on any atom is 0.227 e. The Morgan fingerprint density at radius 2 is 2.16 bits per heavy atom. The van der Waals surface area contributed by atoms with Crippen molar-refractivity contribution in [1.82, 2.24) is 5.32 Å². The molecular formula is C15H21N3O. The first-order valence-corrected chi connectivity index (χ1v) is 7.11. The van der Waals surface area contributed by atoms with Crippen LogP contribution in [-0.2, 0) is 17.6 Å². The van der Waals surface area contributed by atoms with Crippen molar-refractivity contribution in [3.63, 3.8) is 0 Å². The van der Waals surface area contributed by atoms with Gasteiger partial charge in [-0.15, -0.1) is 0 Å². The Hall–Kier alpha value is -1.39. The van der Waals surface area contributed by atoms with Crippen molar-refractivity contribution in [2.45, 2.75) is 19.3 Å². The molecule has 0 unspecified atom stereocenters. The van der Waals surface area contributed by atoms with Gasteiger partial charge in [-0.1, -0.05) is 12.1 Å². The molecule has 0 atom stereocenters. The summed E-state index contributed by atoms with van der Waals surface area (Å²) in [5.74, 6) is 0.879. The van der Waals surface area contributed by atoms with Gasteiger partial charge in [0.15, 0.2) is 0 Å². The molecule has 1 amide bonds. The Balaban J connectivity index is 1.84. The number of hydrogen-bond acceptors (Lipinski definition) is 3. The van der Waals surface area contributed by atoms with Gasteiger partial charge in [-0.25, -0.2) is 0 Å². The molecule has 1 aromatic carbocycles. The Bertz CT molecular complexity index is 482. The van der Waals surface area contributed by atoms with Crippen LogP contribution in [0.2, 0.25) is 0 Å². The van der Waals surface area contributed by atoms with Crippen LogP contribution in [0.5, 0.6) is 0 Å². The van der Waals surface area contributed by atoms with E-state index in [-0.39, 0.29) is 5.91 Å². The highest BCUT2D eigenvalue weighted by molar-refractivity contribution is 5.96. The molecule has 1 fully saturated rings. The van der Waals surface area contributed by atoms with Crippen LogP contribution in [0.3, 0.4) is 0 Å². The lowest BCUT2D eigenvalue weighted by Gasteiger charge is -2.36. The zero-order valence-corrected chi connectivity index (χ0v) is 11.2. The van der Waals surface area contributed by atoms with E-state index in [0.29, 0.717) is 18.9 Å². The Labute approximate surface area is 114 Å². The molecule has 2 aliphatic rings. The monoisotopic (exact) mass is 259 g/mol.